The van der Waals surface area contributed by atoms with Crippen molar-refractivity contribution in [2.45, 2.75) is 66.5 Å². The van der Waals surface area contributed by atoms with Crippen LogP contribution < -0.4 is 10.8 Å². The van der Waals surface area contributed by atoms with Gasteiger partial charge in [-0.2, -0.15) is 4.99 Å². The molecule has 0 bridgehead atoms. The standard InChI is InChI=1S/C26H32N4O3.C2H6/c1-6-33-21(13-19-9-7-18(4)8-10-19)15-30-23-12-11-20(17(2)3)14-22(23)29-24(26(32)27-5)25(30)28-16-31;1-2/h7-12,14,16-17,21H,6,13,15H2,1-5H3,(H,27,32);1-2H3. The van der Waals surface area contributed by atoms with Gasteiger partial charge >= 0.3 is 0 Å². The Morgan fingerprint density at radius 1 is 1.17 bits per heavy atom. The summed E-state index contributed by atoms with van der Waals surface area (Å²) in [5.74, 6) is -0.0853. The van der Waals surface area contributed by atoms with Gasteiger partial charge < -0.3 is 14.6 Å². The number of hydrogen-bond donors (Lipinski definition) is 1. The minimum Gasteiger partial charge on any atom is -0.376 e. The second-order valence-corrected chi connectivity index (χ2v) is 8.38. The average molecular weight is 479 g/mol. The first-order valence-electron chi connectivity index (χ1n) is 12.3. The van der Waals surface area contributed by atoms with Crippen LogP contribution in [0.2, 0.25) is 0 Å². The molecule has 1 aromatic heterocycles. The Labute approximate surface area is 208 Å². The van der Waals surface area contributed by atoms with E-state index in [0.717, 1.165) is 16.6 Å². The summed E-state index contributed by atoms with van der Waals surface area (Å²) in [6.07, 6.45) is 0.950. The van der Waals surface area contributed by atoms with Gasteiger partial charge in [-0.05, 0) is 43.0 Å². The van der Waals surface area contributed by atoms with E-state index in [4.69, 9.17) is 4.74 Å². The van der Waals surface area contributed by atoms with Gasteiger partial charge in [-0.15, -0.1) is 0 Å². The molecule has 35 heavy (non-hydrogen) atoms. The first-order chi connectivity index (χ1) is 16.9. The molecule has 7 nitrogen and oxygen atoms in total. The van der Waals surface area contributed by atoms with E-state index in [-0.39, 0.29) is 17.3 Å². The van der Waals surface area contributed by atoms with Gasteiger partial charge in [0.05, 0.1) is 23.7 Å². The van der Waals surface area contributed by atoms with Crippen LogP contribution in [0, 0.1) is 6.92 Å². The summed E-state index contributed by atoms with van der Waals surface area (Å²) in [7, 11) is 1.54. The highest BCUT2D eigenvalue weighted by Crippen LogP contribution is 2.21. The third-order valence-electron chi connectivity index (χ3n) is 5.65. The first-order valence-corrected chi connectivity index (χ1v) is 12.3. The summed E-state index contributed by atoms with van der Waals surface area (Å²) in [4.78, 5) is 32.7. The van der Waals surface area contributed by atoms with Crippen LogP contribution >= 0.6 is 0 Å². The zero-order valence-electron chi connectivity index (χ0n) is 22.0. The van der Waals surface area contributed by atoms with E-state index in [1.165, 1.54) is 12.6 Å². The van der Waals surface area contributed by atoms with Gasteiger partial charge in [0.1, 0.15) is 0 Å². The number of carbonyl (C=O) groups excluding carboxylic acids is 2. The van der Waals surface area contributed by atoms with Crippen LogP contribution in [-0.2, 0) is 22.5 Å². The zero-order chi connectivity index (χ0) is 26.0. The van der Waals surface area contributed by atoms with Gasteiger partial charge in [-0.1, -0.05) is 63.6 Å². The second-order valence-electron chi connectivity index (χ2n) is 8.38. The number of hydrogen-bond acceptors (Lipinski definition) is 4. The zero-order valence-corrected chi connectivity index (χ0v) is 22.0. The van der Waals surface area contributed by atoms with Gasteiger partial charge in [0.25, 0.3) is 5.91 Å². The molecule has 1 heterocycles. The van der Waals surface area contributed by atoms with Crippen molar-refractivity contribution in [2.75, 3.05) is 13.7 Å². The fraction of sp³-hybridized carbons (Fsp3) is 0.429. The highest BCUT2D eigenvalue weighted by molar-refractivity contribution is 5.93. The molecule has 1 N–H and O–H groups in total. The number of benzene rings is 2. The van der Waals surface area contributed by atoms with Crippen LogP contribution in [0.15, 0.2) is 47.5 Å². The van der Waals surface area contributed by atoms with Gasteiger partial charge in [-0.3, -0.25) is 9.59 Å². The third kappa shape index (κ3) is 7.09. The fourth-order valence-electron chi connectivity index (χ4n) is 3.87. The van der Waals surface area contributed by atoms with Crippen molar-refractivity contribution in [1.29, 1.82) is 0 Å². The molecule has 3 aromatic rings. The molecule has 1 unspecified atom stereocenters. The Morgan fingerprint density at radius 2 is 1.86 bits per heavy atom. The highest BCUT2D eigenvalue weighted by atomic mass is 16.5. The average Bonchev–Trinajstić information content (AvgIpc) is 2.87. The van der Waals surface area contributed by atoms with E-state index >= 15 is 0 Å². The van der Waals surface area contributed by atoms with Crippen molar-refractivity contribution in [3.05, 3.63) is 70.3 Å². The maximum atomic E-state index is 12.7. The van der Waals surface area contributed by atoms with E-state index in [0.29, 0.717) is 37.4 Å². The SMILES string of the molecule is CC.CCOC(Cc1ccc(C)cc1)Cn1c(=NC=O)c(C(=O)NC)nc2cc(C(C)C)ccc21. The molecule has 2 amide bonds. The molecule has 0 radical (unpaired) electrons. The molecule has 1 atom stereocenters. The molecule has 0 aliphatic rings. The molecule has 0 aliphatic carbocycles. The molecule has 0 saturated heterocycles. The van der Waals surface area contributed by atoms with Crippen LogP contribution in [0.3, 0.4) is 0 Å². The Hall–Kier alpha value is -3.32. The van der Waals surface area contributed by atoms with Crippen LogP contribution in [0.25, 0.3) is 11.0 Å². The number of aryl methyl sites for hydroxylation is 1. The predicted molar refractivity (Wildman–Crippen MR) is 140 cm³/mol. The number of fused-ring (bicyclic) bond motifs is 1. The maximum Gasteiger partial charge on any atom is 0.273 e. The Kier molecular flexibility index (Phi) is 10.8. The van der Waals surface area contributed by atoms with Crippen molar-refractivity contribution < 1.29 is 14.3 Å². The monoisotopic (exact) mass is 478 g/mol. The Morgan fingerprint density at radius 3 is 2.43 bits per heavy atom. The van der Waals surface area contributed by atoms with E-state index in [2.05, 4.69) is 60.3 Å². The van der Waals surface area contributed by atoms with Crippen molar-refractivity contribution in [2.24, 2.45) is 4.99 Å². The summed E-state index contributed by atoms with van der Waals surface area (Å²) in [5, 5.41) is 2.61. The number of aromatic nitrogens is 2. The van der Waals surface area contributed by atoms with Crippen molar-refractivity contribution >= 4 is 23.4 Å². The highest BCUT2D eigenvalue weighted by Gasteiger charge is 2.19. The number of amides is 2. The first kappa shape index (κ1) is 27.9. The molecule has 2 aromatic carbocycles. The molecular weight excluding hydrogens is 440 g/mol. The molecule has 0 saturated carbocycles. The fourth-order valence-corrected chi connectivity index (χ4v) is 3.87. The van der Waals surface area contributed by atoms with Gasteiger partial charge in [0.2, 0.25) is 6.41 Å². The van der Waals surface area contributed by atoms with Crippen molar-refractivity contribution in [3.63, 3.8) is 0 Å². The van der Waals surface area contributed by atoms with Crippen LogP contribution in [0.5, 0.6) is 0 Å². The summed E-state index contributed by atoms with van der Waals surface area (Å²) in [5.41, 5.74) is 5.28. The summed E-state index contributed by atoms with van der Waals surface area (Å²) in [6.45, 7) is 13.2. The maximum absolute atomic E-state index is 12.7. The molecule has 3 rings (SSSR count). The summed E-state index contributed by atoms with van der Waals surface area (Å²) < 4.78 is 7.95. The quantitative estimate of drug-likeness (QED) is 0.457. The lowest BCUT2D eigenvalue weighted by Gasteiger charge is -2.22. The largest absolute Gasteiger partial charge is 0.376 e. The summed E-state index contributed by atoms with van der Waals surface area (Å²) in [6, 6.07) is 14.4. The van der Waals surface area contributed by atoms with E-state index < -0.39 is 5.91 Å². The normalized spacial score (nSPS) is 12.3. The molecule has 7 heteroatoms. The minimum atomic E-state index is -0.396. The predicted octanol–water partition coefficient (Wildman–Crippen LogP) is 4.56. The van der Waals surface area contributed by atoms with E-state index in [1.54, 1.807) is 0 Å². The lowest BCUT2D eigenvalue weighted by molar-refractivity contribution is -0.107. The van der Waals surface area contributed by atoms with E-state index in [1.807, 2.05) is 43.5 Å². The molecule has 0 fully saturated rings. The summed E-state index contributed by atoms with van der Waals surface area (Å²) >= 11 is 0. The van der Waals surface area contributed by atoms with Crippen LogP contribution in [0.4, 0.5) is 0 Å². The van der Waals surface area contributed by atoms with Crippen molar-refractivity contribution in [3.8, 4) is 0 Å². The van der Waals surface area contributed by atoms with E-state index in [9.17, 15) is 9.59 Å². The number of carbonyl (C=O) groups is 2. The van der Waals surface area contributed by atoms with Gasteiger partial charge in [-0.25, -0.2) is 4.98 Å². The van der Waals surface area contributed by atoms with Crippen LogP contribution in [-0.4, -0.2) is 41.6 Å². The molecular formula is C28H38N4O3. The van der Waals surface area contributed by atoms with Gasteiger partial charge in [0, 0.05) is 20.1 Å². The van der Waals surface area contributed by atoms with Crippen molar-refractivity contribution in [1.82, 2.24) is 14.9 Å². The lowest BCUT2D eigenvalue weighted by Crippen LogP contribution is -2.37. The number of ether oxygens (including phenoxy) is 1. The number of rotatable bonds is 9. The third-order valence-corrected chi connectivity index (χ3v) is 5.65. The van der Waals surface area contributed by atoms with Crippen LogP contribution in [0.1, 0.15) is 67.7 Å². The molecule has 0 aliphatic heterocycles. The number of nitrogens with one attached hydrogen (secondary N) is 1. The molecule has 0 spiro atoms. The smallest absolute Gasteiger partial charge is 0.273 e. The molecule has 188 valence electrons. The number of nitrogens with zero attached hydrogens (tertiary/aromatic N) is 3. The lowest BCUT2D eigenvalue weighted by atomic mass is 10.0. The van der Waals surface area contributed by atoms with Gasteiger partial charge in [0.15, 0.2) is 11.2 Å². The Balaban J connectivity index is 0.00000210. The topological polar surface area (TPSA) is 85.6 Å². The Bertz CT molecular complexity index is 1200. The minimum absolute atomic E-state index is 0.114. The second kappa shape index (κ2) is 13.5.